The maximum atomic E-state index is 12.9. The molecule has 4 rings (SSSR count). The van der Waals surface area contributed by atoms with Gasteiger partial charge in [-0.2, -0.15) is 0 Å². The van der Waals surface area contributed by atoms with E-state index in [1.54, 1.807) is 18.2 Å². The summed E-state index contributed by atoms with van der Waals surface area (Å²) in [7, 11) is 0. The van der Waals surface area contributed by atoms with Crippen molar-refractivity contribution in [3.8, 4) is 0 Å². The van der Waals surface area contributed by atoms with E-state index in [2.05, 4.69) is 17.2 Å². The minimum Gasteiger partial charge on any atom is -0.351 e. The number of piperidine rings is 1. The largest absolute Gasteiger partial charge is 0.351 e. The van der Waals surface area contributed by atoms with Gasteiger partial charge in [0, 0.05) is 34.5 Å². The number of rotatable bonds is 7. The quantitative estimate of drug-likeness (QED) is 0.439. The lowest BCUT2D eigenvalue weighted by Crippen LogP contribution is -2.52. The molecule has 1 saturated heterocycles. The van der Waals surface area contributed by atoms with Crippen molar-refractivity contribution in [1.29, 1.82) is 0 Å². The summed E-state index contributed by atoms with van der Waals surface area (Å²) in [6.45, 7) is 7.56. The van der Waals surface area contributed by atoms with Crippen LogP contribution in [0.2, 0.25) is 5.02 Å². The SMILES string of the molecule is C=C1CCC(N2C(=O)C=C(Nc3cccc(C(C)CC(=O)c4ccc(C)c(Cl)c4)c3)C2=O)C(=O)N1. The van der Waals surface area contributed by atoms with Crippen LogP contribution in [0.1, 0.15) is 53.6 Å². The van der Waals surface area contributed by atoms with Gasteiger partial charge in [-0.15, -0.1) is 0 Å². The predicted octanol–water partition coefficient (Wildman–Crippen LogP) is 4.48. The third-order valence-corrected chi connectivity index (χ3v) is 6.72. The molecule has 2 atom stereocenters. The Kier molecular flexibility index (Phi) is 6.89. The van der Waals surface area contributed by atoms with Crippen LogP contribution in [-0.2, 0) is 14.4 Å². The van der Waals surface area contributed by atoms with Gasteiger partial charge in [0.05, 0.1) is 0 Å². The second-order valence-electron chi connectivity index (χ2n) is 8.96. The summed E-state index contributed by atoms with van der Waals surface area (Å²) in [6.07, 6.45) is 2.35. The number of ketones is 1. The lowest BCUT2D eigenvalue weighted by atomic mass is 9.92. The molecule has 35 heavy (non-hydrogen) atoms. The molecule has 1 fully saturated rings. The maximum Gasteiger partial charge on any atom is 0.278 e. The van der Waals surface area contributed by atoms with Crippen molar-refractivity contribution in [3.05, 3.63) is 88.2 Å². The summed E-state index contributed by atoms with van der Waals surface area (Å²) in [6, 6.07) is 11.8. The molecule has 0 aromatic heterocycles. The van der Waals surface area contributed by atoms with Gasteiger partial charge in [0.25, 0.3) is 11.8 Å². The van der Waals surface area contributed by atoms with Crippen molar-refractivity contribution in [1.82, 2.24) is 10.2 Å². The lowest BCUT2D eigenvalue weighted by molar-refractivity contribution is -0.146. The number of halogens is 1. The fourth-order valence-electron chi connectivity index (χ4n) is 4.24. The molecular formula is C27H26ClN3O4. The summed E-state index contributed by atoms with van der Waals surface area (Å²) in [5.41, 5.74) is 3.67. The molecule has 0 aliphatic carbocycles. The highest BCUT2D eigenvalue weighted by atomic mass is 35.5. The minimum absolute atomic E-state index is 0.0129. The van der Waals surface area contributed by atoms with E-state index in [0.717, 1.165) is 16.0 Å². The van der Waals surface area contributed by atoms with Gasteiger partial charge in [-0.05, 0) is 55.0 Å². The van der Waals surface area contributed by atoms with Gasteiger partial charge in [0.1, 0.15) is 11.7 Å². The summed E-state index contributed by atoms with van der Waals surface area (Å²) in [5.74, 6) is -1.59. The Labute approximate surface area is 208 Å². The Bertz CT molecular complexity index is 1280. The molecule has 8 heteroatoms. The standard InChI is InChI=1S/C27H26ClN3O4/c1-15-7-9-19(13-21(15)28)24(32)11-16(2)18-5-4-6-20(12-18)30-22-14-25(33)31(27(22)35)23-10-8-17(3)29-26(23)34/h4-7,9,12-14,16,23,30H,3,8,10-11H2,1-2H3,(H,29,34). The maximum absolute atomic E-state index is 12.9. The number of imide groups is 1. The van der Waals surface area contributed by atoms with E-state index in [-0.39, 0.29) is 17.4 Å². The van der Waals surface area contributed by atoms with Crippen LogP contribution in [-0.4, -0.2) is 34.4 Å². The zero-order valence-corrected chi connectivity index (χ0v) is 20.3. The van der Waals surface area contributed by atoms with Crippen LogP contribution in [0.5, 0.6) is 0 Å². The van der Waals surface area contributed by atoms with Gasteiger partial charge < -0.3 is 10.6 Å². The van der Waals surface area contributed by atoms with E-state index in [4.69, 9.17) is 11.6 Å². The summed E-state index contributed by atoms with van der Waals surface area (Å²) in [4.78, 5) is 51.5. The predicted molar refractivity (Wildman–Crippen MR) is 134 cm³/mol. The highest BCUT2D eigenvalue weighted by molar-refractivity contribution is 6.31. The average Bonchev–Trinajstić information content (AvgIpc) is 3.08. The van der Waals surface area contributed by atoms with Crippen LogP contribution >= 0.6 is 11.6 Å². The number of anilines is 1. The van der Waals surface area contributed by atoms with Gasteiger partial charge in [-0.25, -0.2) is 0 Å². The van der Waals surface area contributed by atoms with Gasteiger partial charge in [0.2, 0.25) is 5.91 Å². The van der Waals surface area contributed by atoms with Crippen molar-refractivity contribution in [2.24, 2.45) is 0 Å². The number of hydrogen-bond acceptors (Lipinski definition) is 5. The summed E-state index contributed by atoms with van der Waals surface area (Å²) < 4.78 is 0. The van der Waals surface area contributed by atoms with Gasteiger partial charge in [-0.3, -0.25) is 24.1 Å². The molecular weight excluding hydrogens is 466 g/mol. The Morgan fingerprint density at radius 1 is 1.23 bits per heavy atom. The molecule has 2 aliphatic rings. The Hall–Kier alpha value is -3.71. The van der Waals surface area contributed by atoms with E-state index >= 15 is 0 Å². The second kappa shape index (κ2) is 9.88. The zero-order chi connectivity index (χ0) is 25.3. The molecule has 2 aromatic carbocycles. The molecule has 2 aromatic rings. The normalized spacial score (nSPS) is 18.9. The second-order valence-corrected chi connectivity index (χ2v) is 9.37. The topological polar surface area (TPSA) is 95.6 Å². The van der Waals surface area contributed by atoms with E-state index < -0.39 is 23.8 Å². The monoisotopic (exact) mass is 491 g/mol. The molecule has 2 unspecified atom stereocenters. The number of nitrogens with one attached hydrogen (secondary N) is 2. The number of allylic oxidation sites excluding steroid dienone is 1. The van der Waals surface area contributed by atoms with Crippen molar-refractivity contribution < 1.29 is 19.2 Å². The average molecular weight is 492 g/mol. The number of aryl methyl sites for hydroxylation is 1. The number of amides is 3. The summed E-state index contributed by atoms with van der Waals surface area (Å²) >= 11 is 6.16. The first-order valence-electron chi connectivity index (χ1n) is 11.4. The number of carbonyl (C=O) groups is 4. The molecule has 0 bridgehead atoms. The van der Waals surface area contributed by atoms with E-state index in [1.807, 2.05) is 38.1 Å². The highest BCUT2D eigenvalue weighted by Gasteiger charge is 2.41. The number of benzene rings is 2. The van der Waals surface area contributed by atoms with Crippen molar-refractivity contribution in [2.45, 2.75) is 45.1 Å². The molecule has 0 radical (unpaired) electrons. The van der Waals surface area contributed by atoms with Gasteiger partial charge in [0.15, 0.2) is 5.78 Å². The Morgan fingerprint density at radius 3 is 2.71 bits per heavy atom. The molecule has 180 valence electrons. The highest BCUT2D eigenvalue weighted by Crippen LogP contribution is 2.28. The minimum atomic E-state index is -0.858. The van der Waals surface area contributed by atoms with Crippen LogP contribution in [0.15, 0.2) is 66.5 Å². The number of hydrogen-bond donors (Lipinski definition) is 2. The van der Waals surface area contributed by atoms with Crippen molar-refractivity contribution >= 4 is 40.8 Å². The molecule has 2 heterocycles. The van der Waals surface area contributed by atoms with Crippen LogP contribution in [0.3, 0.4) is 0 Å². The van der Waals surface area contributed by atoms with Crippen molar-refractivity contribution in [2.75, 3.05) is 5.32 Å². The van der Waals surface area contributed by atoms with Crippen LogP contribution in [0.4, 0.5) is 5.69 Å². The van der Waals surface area contributed by atoms with Crippen LogP contribution < -0.4 is 10.6 Å². The summed E-state index contributed by atoms with van der Waals surface area (Å²) in [5, 5.41) is 6.17. The third kappa shape index (κ3) is 5.20. The van der Waals surface area contributed by atoms with Gasteiger partial charge in [-0.1, -0.05) is 49.4 Å². The zero-order valence-electron chi connectivity index (χ0n) is 19.6. The first kappa shape index (κ1) is 24.4. The smallest absolute Gasteiger partial charge is 0.278 e. The molecule has 0 spiro atoms. The number of carbonyl (C=O) groups excluding carboxylic acids is 4. The van der Waals surface area contributed by atoms with Crippen LogP contribution in [0, 0.1) is 6.92 Å². The van der Waals surface area contributed by atoms with E-state index in [9.17, 15) is 19.2 Å². The fourth-order valence-corrected chi connectivity index (χ4v) is 4.42. The molecule has 0 saturated carbocycles. The number of nitrogens with zero attached hydrogens (tertiary/aromatic N) is 1. The van der Waals surface area contributed by atoms with Crippen LogP contribution in [0.25, 0.3) is 0 Å². The Morgan fingerprint density at radius 2 is 2.00 bits per heavy atom. The molecule has 7 nitrogen and oxygen atoms in total. The first-order valence-corrected chi connectivity index (χ1v) is 11.8. The number of Topliss-reactive ketones (excluding diaryl/α,β-unsaturated/α-hetero) is 1. The lowest BCUT2D eigenvalue weighted by Gasteiger charge is -2.29. The van der Waals surface area contributed by atoms with E-state index in [1.165, 1.54) is 6.08 Å². The van der Waals surface area contributed by atoms with Crippen molar-refractivity contribution in [3.63, 3.8) is 0 Å². The first-order chi connectivity index (χ1) is 16.6. The molecule has 2 N–H and O–H groups in total. The molecule has 2 aliphatic heterocycles. The van der Waals surface area contributed by atoms with Gasteiger partial charge >= 0.3 is 0 Å². The van der Waals surface area contributed by atoms with E-state index in [0.29, 0.717) is 41.2 Å². The molecule has 3 amide bonds. The Balaban J connectivity index is 1.44. The third-order valence-electron chi connectivity index (χ3n) is 6.31. The fraction of sp³-hybridized carbons (Fsp3) is 0.259.